The minimum atomic E-state index is -0.793. The first-order valence-corrected chi connectivity index (χ1v) is 6.28. The van der Waals surface area contributed by atoms with Crippen LogP contribution in [0, 0.1) is 5.41 Å². The van der Waals surface area contributed by atoms with E-state index in [0.717, 1.165) is 19.3 Å². The Morgan fingerprint density at radius 3 is 2.41 bits per heavy atom. The lowest BCUT2D eigenvalue weighted by atomic mass is 9.86. The van der Waals surface area contributed by atoms with Crippen molar-refractivity contribution in [2.75, 3.05) is 6.54 Å². The molecule has 0 aromatic rings. The average Bonchev–Trinajstić information content (AvgIpc) is 2.76. The molecule has 0 aromatic heterocycles. The third-order valence-electron chi connectivity index (χ3n) is 3.59. The maximum Gasteiger partial charge on any atom is 0.315 e. The van der Waals surface area contributed by atoms with E-state index in [4.69, 9.17) is 0 Å². The molecule has 5 heteroatoms. The van der Waals surface area contributed by atoms with Crippen molar-refractivity contribution in [3.05, 3.63) is 0 Å². The number of hydrogen-bond acceptors (Lipinski definition) is 2. The number of aliphatic carboxylic acids is 1. The van der Waals surface area contributed by atoms with Crippen LogP contribution in [0.5, 0.6) is 0 Å². The summed E-state index contributed by atoms with van der Waals surface area (Å²) in [5.74, 6) is -0.793. The summed E-state index contributed by atoms with van der Waals surface area (Å²) in [6.45, 7) is 4.13. The first kappa shape index (κ1) is 13.8. The van der Waals surface area contributed by atoms with Crippen molar-refractivity contribution < 1.29 is 14.7 Å². The van der Waals surface area contributed by atoms with Gasteiger partial charge in [0.1, 0.15) is 0 Å². The standard InChI is InChI=1S/C12H22N2O3/c1-3-9(2)14-11(17)13-8-12(10(15)16)6-4-5-7-12/h9H,3-8H2,1-2H3,(H,15,16)(H2,13,14,17). The van der Waals surface area contributed by atoms with Crippen LogP contribution in [-0.2, 0) is 4.79 Å². The Hall–Kier alpha value is -1.26. The summed E-state index contributed by atoms with van der Waals surface area (Å²) in [5, 5.41) is 14.7. The maximum atomic E-state index is 11.5. The molecule has 0 bridgehead atoms. The lowest BCUT2D eigenvalue weighted by Gasteiger charge is -2.24. The first-order chi connectivity index (χ1) is 8.00. The number of carboxylic acid groups (broad SMARTS) is 1. The molecule has 0 aliphatic heterocycles. The monoisotopic (exact) mass is 242 g/mol. The lowest BCUT2D eigenvalue weighted by Crippen LogP contribution is -2.47. The Morgan fingerprint density at radius 2 is 1.94 bits per heavy atom. The van der Waals surface area contributed by atoms with Crippen molar-refractivity contribution in [3.8, 4) is 0 Å². The zero-order chi connectivity index (χ0) is 12.9. The fourth-order valence-corrected chi connectivity index (χ4v) is 2.14. The second kappa shape index (κ2) is 5.89. The smallest absolute Gasteiger partial charge is 0.315 e. The molecule has 1 saturated carbocycles. The average molecular weight is 242 g/mol. The minimum absolute atomic E-state index is 0.111. The molecule has 0 aromatic carbocycles. The summed E-state index contributed by atoms with van der Waals surface area (Å²) < 4.78 is 0. The van der Waals surface area contributed by atoms with Crippen LogP contribution in [0.25, 0.3) is 0 Å². The quantitative estimate of drug-likeness (QED) is 0.687. The van der Waals surface area contributed by atoms with Crippen LogP contribution < -0.4 is 10.6 Å². The molecule has 17 heavy (non-hydrogen) atoms. The summed E-state index contributed by atoms with van der Waals surface area (Å²) in [5.41, 5.74) is -0.743. The number of carbonyl (C=O) groups excluding carboxylic acids is 1. The van der Waals surface area contributed by atoms with Gasteiger partial charge in [-0.2, -0.15) is 0 Å². The third kappa shape index (κ3) is 3.61. The summed E-state index contributed by atoms with van der Waals surface area (Å²) in [4.78, 5) is 22.8. The highest BCUT2D eigenvalue weighted by molar-refractivity contribution is 5.78. The maximum absolute atomic E-state index is 11.5. The summed E-state index contributed by atoms with van der Waals surface area (Å²) in [7, 11) is 0. The highest BCUT2D eigenvalue weighted by Gasteiger charge is 2.41. The topological polar surface area (TPSA) is 78.4 Å². The van der Waals surface area contributed by atoms with Crippen molar-refractivity contribution in [2.45, 2.75) is 52.0 Å². The first-order valence-electron chi connectivity index (χ1n) is 6.28. The Kier molecular flexibility index (Phi) is 4.78. The van der Waals surface area contributed by atoms with Gasteiger partial charge in [0.2, 0.25) is 0 Å². The number of hydrogen-bond donors (Lipinski definition) is 3. The molecule has 1 aliphatic rings. The number of amides is 2. The van der Waals surface area contributed by atoms with Crippen molar-refractivity contribution in [1.29, 1.82) is 0 Å². The van der Waals surface area contributed by atoms with Crippen LogP contribution >= 0.6 is 0 Å². The predicted molar refractivity (Wildman–Crippen MR) is 64.8 cm³/mol. The van der Waals surface area contributed by atoms with Gasteiger partial charge in [0.15, 0.2) is 0 Å². The Morgan fingerprint density at radius 1 is 1.35 bits per heavy atom. The van der Waals surface area contributed by atoms with E-state index in [-0.39, 0.29) is 18.6 Å². The molecule has 1 atom stereocenters. The van der Waals surface area contributed by atoms with Gasteiger partial charge in [-0.05, 0) is 26.2 Å². The van der Waals surface area contributed by atoms with E-state index < -0.39 is 11.4 Å². The number of carbonyl (C=O) groups is 2. The van der Waals surface area contributed by atoms with E-state index in [9.17, 15) is 14.7 Å². The molecule has 1 rings (SSSR count). The molecule has 3 N–H and O–H groups in total. The van der Waals surface area contributed by atoms with Crippen LogP contribution in [-0.4, -0.2) is 29.7 Å². The molecule has 0 spiro atoms. The van der Waals surface area contributed by atoms with Crippen molar-refractivity contribution in [3.63, 3.8) is 0 Å². The van der Waals surface area contributed by atoms with Crippen LogP contribution in [0.1, 0.15) is 46.0 Å². The van der Waals surface area contributed by atoms with Gasteiger partial charge in [0.25, 0.3) is 0 Å². The van der Waals surface area contributed by atoms with Gasteiger partial charge in [0, 0.05) is 12.6 Å². The largest absolute Gasteiger partial charge is 0.481 e. The van der Waals surface area contributed by atoms with E-state index in [1.807, 2.05) is 13.8 Å². The normalized spacial score (nSPS) is 19.6. The van der Waals surface area contributed by atoms with E-state index >= 15 is 0 Å². The minimum Gasteiger partial charge on any atom is -0.481 e. The number of carboxylic acids is 1. The summed E-state index contributed by atoms with van der Waals surface area (Å²) >= 11 is 0. The molecule has 1 aliphatic carbocycles. The van der Waals surface area contributed by atoms with Crippen LogP contribution in [0.4, 0.5) is 4.79 Å². The van der Waals surface area contributed by atoms with Crippen molar-refractivity contribution >= 4 is 12.0 Å². The fraction of sp³-hybridized carbons (Fsp3) is 0.833. The molecule has 0 saturated heterocycles. The third-order valence-corrected chi connectivity index (χ3v) is 3.59. The van der Waals surface area contributed by atoms with Crippen molar-refractivity contribution in [2.24, 2.45) is 5.41 Å². The predicted octanol–water partition coefficient (Wildman–Crippen LogP) is 1.73. The van der Waals surface area contributed by atoms with E-state index in [1.165, 1.54) is 0 Å². The van der Waals surface area contributed by atoms with Crippen molar-refractivity contribution in [1.82, 2.24) is 10.6 Å². The molecular weight excluding hydrogens is 220 g/mol. The van der Waals surface area contributed by atoms with Gasteiger partial charge >= 0.3 is 12.0 Å². The highest BCUT2D eigenvalue weighted by Crippen LogP contribution is 2.37. The molecule has 1 fully saturated rings. The lowest BCUT2D eigenvalue weighted by molar-refractivity contribution is -0.148. The zero-order valence-corrected chi connectivity index (χ0v) is 10.6. The number of nitrogens with one attached hydrogen (secondary N) is 2. The van der Waals surface area contributed by atoms with Gasteiger partial charge in [-0.1, -0.05) is 19.8 Å². The highest BCUT2D eigenvalue weighted by atomic mass is 16.4. The van der Waals surface area contributed by atoms with Gasteiger partial charge in [-0.3, -0.25) is 4.79 Å². The van der Waals surface area contributed by atoms with E-state index in [0.29, 0.717) is 12.8 Å². The molecule has 0 heterocycles. The van der Waals surface area contributed by atoms with Gasteiger partial charge in [0.05, 0.1) is 5.41 Å². The van der Waals surface area contributed by atoms with Crippen LogP contribution in [0.3, 0.4) is 0 Å². The van der Waals surface area contributed by atoms with Gasteiger partial charge < -0.3 is 15.7 Å². The van der Waals surface area contributed by atoms with Crippen LogP contribution in [0.15, 0.2) is 0 Å². The molecule has 98 valence electrons. The van der Waals surface area contributed by atoms with E-state index in [1.54, 1.807) is 0 Å². The SMILES string of the molecule is CCC(C)NC(=O)NCC1(C(=O)O)CCCC1. The second-order valence-electron chi connectivity index (χ2n) is 4.93. The van der Waals surface area contributed by atoms with Crippen LogP contribution in [0.2, 0.25) is 0 Å². The van der Waals surface area contributed by atoms with E-state index in [2.05, 4.69) is 10.6 Å². The summed E-state index contributed by atoms with van der Waals surface area (Å²) in [6.07, 6.45) is 4.04. The fourth-order valence-electron chi connectivity index (χ4n) is 2.14. The molecular formula is C12H22N2O3. The molecule has 1 unspecified atom stereocenters. The summed E-state index contributed by atoms with van der Waals surface area (Å²) in [6, 6.07) is -0.161. The number of rotatable bonds is 5. The number of urea groups is 1. The van der Waals surface area contributed by atoms with Gasteiger partial charge in [-0.25, -0.2) is 4.79 Å². The zero-order valence-electron chi connectivity index (χ0n) is 10.6. The van der Waals surface area contributed by atoms with Gasteiger partial charge in [-0.15, -0.1) is 0 Å². The Bertz CT molecular complexity index is 285. The second-order valence-corrected chi connectivity index (χ2v) is 4.93. The Balaban J connectivity index is 2.42. The molecule has 2 amide bonds. The molecule has 5 nitrogen and oxygen atoms in total. The molecule has 0 radical (unpaired) electrons. The Labute approximate surface area is 102 Å².